The zero-order valence-corrected chi connectivity index (χ0v) is 8.10. The first kappa shape index (κ1) is 9.45. The summed E-state index contributed by atoms with van der Waals surface area (Å²) in [5.41, 5.74) is 0.409. The van der Waals surface area contributed by atoms with Crippen LogP contribution in [-0.4, -0.2) is 23.2 Å². The van der Waals surface area contributed by atoms with Gasteiger partial charge in [0.25, 0.3) is 0 Å². The molecule has 0 unspecified atom stereocenters. The highest BCUT2D eigenvalue weighted by atomic mass is 16.5. The topological polar surface area (TPSA) is 59.4 Å². The number of pyridine rings is 1. The van der Waals surface area contributed by atoms with Crippen molar-refractivity contribution in [3.8, 4) is 5.75 Å². The fourth-order valence-electron chi connectivity index (χ4n) is 1.39. The lowest BCUT2D eigenvalue weighted by atomic mass is 10.1. The summed E-state index contributed by atoms with van der Waals surface area (Å²) in [4.78, 5) is 15.1. The Morgan fingerprint density at radius 3 is 2.93 bits per heavy atom. The summed E-state index contributed by atoms with van der Waals surface area (Å²) >= 11 is 0. The molecule has 0 bridgehead atoms. The monoisotopic (exact) mass is 203 g/mol. The van der Waals surface area contributed by atoms with Crippen molar-refractivity contribution in [1.82, 2.24) is 4.98 Å². The van der Waals surface area contributed by atoms with E-state index in [1.54, 1.807) is 24.4 Å². The molecule has 0 radical (unpaired) electrons. The van der Waals surface area contributed by atoms with E-state index >= 15 is 0 Å². The van der Waals surface area contributed by atoms with Crippen LogP contribution in [0.25, 0.3) is 10.8 Å². The lowest BCUT2D eigenvalue weighted by molar-refractivity contribution is 0.0601. The highest BCUT2D eigenvalue weighted by Crippen LogP contribution is 2.24. The van der Waals surface area contributed by atoms with Crippen LogP contribution in [0.2, 0.25) is 0 Å². The predicted molar refractivity (Wildman–Crippen MR) is 54.7 cm³/mol. The molecule has 0 atom stereocenters. The maximum Gasteiger partial charge on any atom is 0.337 e. The van der Waals surface area contributed by atoms with Crippen LogP contribution in [0.4, 0.5) is 0 Å². The number of hydrogen-bond donors (Lipinski definition) is 1. The van der Waals surface area contributed by atoms with E-state index in [-0.39, 0.29) is 5.75 Å². The van der Waals surface area contributed by atoms with Crippen molar-refractivity contribution >= 4 is 16.7 Å². The molecule has 0 spiro atoms. The van der Waals surface area contributed by atoms with Gasteiger partial charge in [-0.3, -0.25) is 4.98 Å². The third kappa shape index (κ3) is 1.61. The average molecular weight is 203 g/mol. The quantitative estimate of drug-likeness (QED) is 0.717. The van der Waals surface area contributed by atoms with Crippen molar-refractivity contribution in [2.75, 3.05) is 7.11 Å². The van der Waals surface area contributed by atoms with E-state index in [9.17, 15) is 9.90 Å². The van der Waals surface area contributed by atoms with Crippen molar-refractivity contribution in [1.29, 1.82) is 0 Å². The molecule has 0 aliphatic rings. The Hall–Kier alpha value is -2.10. The molecule has 0 aliphatic carbocycles. The first-order chi connectivity index (χ1) is 7.22. The number of benzene rings is 1. The molecular formula is C11H9NO3. The van der Waals surface area contributed by atoms with Crippen molar-refractivity contribution in [2.45, 2.75) is 0 Å². The highest BCUT2D eigenvalue weighted by molar-refractivity contribution is 5.96. The molecule has 4 heteroatoms. The van der Waals surface area contributed by atoms with Crippen LogP contribution >= 0.6 is 0 Å². The van der Waals surface area contributed by atoms with Crippen LogP contribution in [-0.2, 0) is 4.74 Å². The van der Waals surface area contributed by atoms with Crippen molar-refractivity contribution in [3.63, 3.8) is 0 Å². The fraction of sp³-hybridized carbons (Fsp3) is 0.0909. The summed E-state index contributed by atoms with van der Waals surface area (Å²) in [6.07, 6.45) is 2.96. The van der Waals surface area contributed by atoms with Crippen LogP contribution in [0.5, 0.6) is 5.75 Å². The first-order valence-electron chi connectivity index (χ1n) is 4.37. The number of aromatic hydroxyl groups is 1. The van der Waals surface area contributed by atoms with Gasteiger partial charge in [-0.2, -0.15) is 0 Å². The van der Waals surface area contributed by atoms with E-state index in [4.69, 9.17) is 0 Å². The average Bonchev–Trinajstić information content (AvgIpc) is 2.28. The number of carbonyl (C=O) groups is 1. The van der Waals surface area contributed by atoms with Gasteiger partial charge in [-0.1, -0.05) is 6.07 Å². The maximum absolute atomic E-state index is 11.2. The molecule has 1 aromatic carbocycles. The van der Waals surface area contributed by atoms with Crippen LogP contribution in [0.3, 0.4) is 0 Å². The summed E-state index contributed by atoms with van der Waals surface area (Å²) in [7, 11) is 1.32. The molecule has 1 N–H and O–H groups in total. The molecule has 4 nitrogen and oxygen atoms in total. The predicted octanol–water partition coefficient (Wildman–Crippen LogP) is 1.73. The van der Waals surface area contributed by atoms with E-state index in [0.717, 1.165) is 5.39 Å². The molecule has 1 aromatic heterocycles. The maximum atomic E-state index is 11.2. The normalized spacial score (nSPS) is 10.2. The van der Waals surface area contributed by atoms with Gasteiger partial charge in [0.1, 0.15) is 5.75 Å². The van der Waals surface area contributed by atoms with Crippen LogP contribution in [0, 0.1) is 0 Å². The minimum Gasteiger partial charge on any atom is -0.506 e. The first-order valence-corrected chi connectivity index (χ1v) is 4.37. The van der Waals surface area contributed by atoms with Gasteiger partial charge in [-0.25, -0.2) is 4.79 Å². The van der Waals surface area contributed by atoms with Gasteiger partial charge in [-0.15, -0.1) is 0 Å². The van der Waals surface area contributed by atoms with E-state index in [0.29, 0.717) is 10.9 Å². The Morgan fingerprint density at radius 2 is 2.20 bits per heavy atom. The number of rotatable bonds is 1. The lowest BCUT2D eigenvalue weighted by Gasteiger charge is -2.02. The van der Waals surface area contributed by atoms with Crippen molar-refractivity contribution in [3.05, 3.63) is 36.2 Å². The zero-order valence-electron chi connectivity index (χ0n) is 8.10. The number of esters is 1. The smallest absolute Gasteiger partial charge is 0.337 e. The number of ether oxygens (including phenoxy) is 1. The van der Waals surface area contributed by atoms with E-state index in [1.165, 1.54) is 13.3 Å². The third-order valence-corrected chi connectivity index (χ3v) is 2.16. The Kier molecular flexibility index (Phi) is 2.25. The summed E-state index contributed by atoms with van der Waals surface area (Å²) in [5, 5.41) is 10.9. The Morgan fingerprint density at radius 1 is 1.40 bits per heavy atom. The summed E-state index contributed by atoms with van der Waals surface area (Å²) < 4.78 is 4.59. The van der Waals surface area contributed by atoms with Crippen molar-refractivity contribution in [2.24, 2.45) is 0 Å². The second-order valence-corrected chi connectivity index (χ2v) is 3.09. The van der Waals surface area contributed by atoms with Gasteiger partial charge < -0.3 is 9.84 Å². The molecular weight excluding hydrogens is 194 g/mol. The number of nitrogens with zero attached hydrogens (tertiary/aromatic N) is 1. The molecule has 0 saturated carbocycles. The largest absolute Gasteiger partial charge is 0.506 e. The Bertz CT molecular complexity index is 522. The molecule has 15 heavy (non-hydrogen) atoms. The SMILES string of the molecule is COC(=O)c1ccc2cncc(O)c2c1. The summed E-state index contributed by atoms with van der Waals surface area (Å²) in [5.74, 6) is -0.369. The van der Waals surface area contributed by atoms with Gasteiger partial charge in [-0.05, 0) is 12.1 Å². The number of hydrogen-bond acceptors (Lipinski definition) is 4. The van der Waals surface area contributed by atoms with Gasteiger partial charge >= 0.3 is 5.97 Å². The Balaban J connectivity index is 2.64. The molecule has 0 fully saturated rings. The van der Waals surface area contributed by atoms with E-state index in [1.807, 2.05) is 0 Å². The molecule has 2 aromatic rings. The minimum absolute atomic E-state index is 0.0539. The van der Waals surface area contributed by atoms with E-state index < -0.39 is 5.97 Å². The van der Waals surface area contributed by atoms with Gasteiger partial charge in [0, 0.05) is 17.0 Å². The number of aromatic nitrogens is 1. The fourth-order valence-corrected chi connectivity index (χ4v) is 1.39. The van der Waals surface area contributed by atoms with E-state index in [2.05, 4.69) is 9.72 Å². The molecule has 76 valence electrons. The molecule has 0 saturated heterocycles. The number of carbonyl (C=O) groups excluding carboxylic acids is 1. The van der Waals surface area contributed by atoms with Gasteiger partial charge in [0.15, 0.2) is 0 Å². The Labute approximate surface area is 86.1 Å². The lowest BCUT2D eigenvalue weighted by Crippen LogP contribution is -2.00. The minimum atomic E-state index is -0.423. The molecule has 0 aliphatic heterocycles. The highest BCUT2D eigenvalue weighted by Gasteiger charge is 2.07. The summed E-state index contributed by atoms with van der Waals surface area (Å²) in [6, 6.07) is 4.93. The molecule has 1 heterocycles. The third-order valence-electron chi connectivity index (χ3n) is 2.16. The van der Waals surface area contributed by atoms with Crippen LogP contribution in [0.1, 0.15) is 10.4 Å². The zero-order chi connectivity index (χ0) is 10.8. The molecule has 0 amide bonds. The number of methoxy groups -OCH3 is 1. The number of fused-ring (bicyclic) bond motifs is 1. The summed E-state index contributed by atoms with van der Waals surface area (Å²) in [6.45, 7) is 0. The molecule has 2 rings (SSSR count). The van der Waals surface area contributed by atoms with Crippen LogP contribution < -0.4 is 0 Å². The van der Waals surface area contributed by atoms with Gasteiger partial charge in [0.2, 0.25) is 0 Å². The van der Waals surface area contributed by atoms with Gasteiger partial charge in [0.05, 0.1) is 18.9 Å². The standard InChI is InChI=1S/C11H9NO3/c1-15-11(14)7-2-3-8-5-12-6-10(13)9(8)4-7/h2-6,13H,1H3. The van der Waals surface area contributed by atoms with Crippen molar-refractivity contribution < 1.29 is 14.6 Å². The second kappa shape index (κ2) is 3.57. The van der Waals surface area contributed by atoms with Crippen LogP contribution in [0.15, 0.2) is 30.6 Å². The second-order valence-electron chi connectivity index (χ2n) is 3.09.